The van der Waals surface area contributed by atoms with Crippen LogP contribution in [0, 0.1) is 11.8 Å². The normalized spacial score (nSPS) is 18.7. The minimum atomic E-state index is -3.36. The monoisotopic (exact) mass is 571 g/mol. The van der Waals surface area contributed by atoms with Gasteiger partial charge in [-0.2, -0.15) is 0 Å². The summed E-state index contributed by atoms with van der Waals surface area (Å²) in [6.07, 6.45) is 12.4. The fourth-order valence-corrected chi connectivity index (χ4v) is 5.08. The SMILES string of the molecule is COc1c(C2=CC3C=CC(NS(C)(=O)=O)=CC3C=C2)cc(NC(=O)CCNC(=O)OC(C)(C)C)cc1C(C)(C)C. The van der Waals surface area contributed by atoms with Crippen molar-refractivity contribution in [2.24, 2.45) is 11.8 Å². The average molecular weight is 572 g/mol. The summed E-state index contributed by atoms with van der Waals surface area (Å²) in [6.45, 7) is 11.7. The maximum atomic E-state index is 12.8. The van der Waals surface area contributed by atoms with Crippen LogP contribution in [0.5, 0.6) is 5.75 Å². The average Bonchev–Trinajstić information content (AvgIpc) is 2.80. The molecule has 2 aliphatic rings. The molecule has 2 amide bonds. The molecular weight excluding hydrogens is 530 g/mol. The summed E-state index contributed by atoms with van der Waals surface area (Å²) in [6, 6.07) is 3.81. The molecule has 0 fully saturated rings. The lowest BCUT2D eigenvalue weighted by Crippen LogP contribution is -2.34. The molecule has 2 atom stereocenters. The molecule has 2 unspecified atom stereocenters. The topological polar surface area (TPSA) is 123 Å². The predicted octanol–water partition coefficient (Wildman–Crippen LogP) is 5.03. The zero-order chi connectivity index (χ0) is 29.9. The summed E-state index contributed by atoms with van der Waals surface area (Å²) in [5.41, 5.74) is 2.98. The number of alkyl carbamates (subject to hydrolysis) is 1. The maximum absolute atomic E-state index is 12.8. The van der Waals surface area contributed by atoms with Gasteiger partial charge < -0.3 is 20.1 Å². The van der Waals surface area contributed by atoms with Crippen molar-refractivity contribution >= 4 is 33.3 Å². The maximum Gasteiger partial charge on any atom is 0.407 e. The molecule has 2 aliphatic carbocycles. The van der Waals surface area contributed by atoms with E-state index < -0.39 is 21.7 Å². The van der Waals surface area contributed by atoms with Crippen LogP contribution in [0.4, 0.5) is 10.5 Å². The number of sulfonamides is 1. The molecule has 0 aromatic heterocycles. The Morgan fingerprint density at radius 2 is 1.62 bits per heavy atom. The Kier molecular flexibility index (Phi) is 9.24. The Morgan fingerprint density at radius 3 is 2.23 bits per heavy atom. The number of rotatable bonds is 8. The highest BCUT2D eigenvalue weighted by atomic mass is 32.2. The summed E-state index contributed by atoms with van der Waals surface area (Å²) in [7, 11) is -1.73. The number of carbonyl (C=O) groups excluding carboxylic acids is 2. The summed E-state index contributed by atoms with van der Waals surface area (Å²) in [5, 5.41) is 5.57. The third-order valence-electron chi connectivity index (χ3n) is 6.20. The first-order valence-corrected chi connectivity index (χ1v) is 15.1. The molecule has 0 saturated carbocycles. The van der Waals surface area contributed by atoms with Gasteiger partial charge in [-0.3, -0.25) is 9.52 Å². The van der Waals surface area contributed by atoms with Crippen molar-refractivity contribution < 1.29 is 27.5 Å². The third kappa shape index (κ3) is 8.74. The molecule has 9 nitrogen and oxygen atoms in total. The van der Waals surface area contributed by atoms with Gasteiger partial charge in [0.2, 0.25) is 15.9 Å². The summed E-state index contributed by atoms with van der Waals surface area (Å²) in [4.78, 5) is 24.7. The van der Waals surface area contributed by atoms with Crippen molar-refractivity contribution in [3.8, 4) is 5.75 Å². The fourth-order valence-electron chi connectivity index (χ4n) is 4.52. The molecule has 0 saturated heterocycles. The highest BCUT2D eigenvalue weighted by Crippen LogP contribution is 2.42. The van der Waals surface area contributed by atoms with E-state index in [1.807, 2.05) is 36.4 Å². The zero-order valence-corrected chi connectivity index (χ0v) is 25.4. The first-order valence-electron chi connectivity index (χ1n) is 13.2. The second-order valence-corrected chi connectivity index (χ2v) is 13.8. The number of allylic oxidation sites excluding steroid dienone is 7. The number of benzene rings is 1. The number of ether oxygens (including phenoxy) is 2. The van der Waals surface area contributed by atoms with E-state index in [-0.39, 0.29) is 36.1 Å². The van der Waals surface area contributed by atoms with Crippen molar-refractivity contribution in [3.63, 3.8) is 0 Å². The molecule has 1 aromatic rings. The molecule has 3 rings (SSSR count). The van der Waals surface area contributed by atoms with Crippen LogP contribution >= 0.6 is 0 Å². The van der Waals surface area contributed by atoms with Gasteiger partial charge in [0, 0.05) is 47.3 Å². The Labute approximate surface area is 237 Å². The number of hydrogen-bond acceptors (Lipinski definition) is 6. The van der Waals surface area contributed by atoms with Crippen LogP contribution in [-0.4, -0.2) is 45.9 Å². The molecular formula is C30H41N3O6S. The number of methoxy groups -OCH3 is 1. The lowest BCUT2D eigenvalue weighted by molar-refractivity contribution is -0.116. The number of hydrogen-bond donors (Lipinski definition) is 3. The second-order valence-electron chi connectivity index (χ2n) is 12.1. The van der Waals surface area contributed by atoms with Gasteiger partial charge in [0.1, 0.15) is 11.4 Å². The number of carbonyl (C=O) groups is 2. The second kappa shape index (κ2) is 11.9. The van der Waals surface area contributed by atoms with Crippen LogP contribution < -0.4 is 20.1 Å². The smallest absolute Gasteiger partial charge is 0.407 e. The fraction of sp³-hybridized carbons (Fsp3) is 0.467. The summed E-state index contributed by atoms with van der Waals surface area (Å²) < 4.78 is 36.9. The van der Waals surface area contributed by atoms with E-state index in [2.05, 4.69) is 42.2 Å². The molecule has 218 valence electrons. The van der Waals surface area contributed by atoms with Crippen LogP contribution in [0.1, 0.15) is 59.1 Å². The molecule has 0 spiro atoms. The summed E-state index contributed by atoms with van der Waals surface area (Å²) in [5.74, 6) is 0.518. The molecule has 1 aromatic carbocycles. The van der Waals surface area contributed by atoms with Crippen LogP contribution in [0.25, 0.3) is 5.57 Å². The van der Waals surface area contributed by atoms with Crippen LogP contribution in [0.15, 0.2) is 54.3 Å². The Bertz CT molecular complexity index is 1370. The van der Waals surface area contributed by atoms with Crippen LogP contribution in [0.2, 0.25) is 0 Å². The first kappa shape index (κ1) is 31.0. The number of amides is 2. The van der Waals surface area contributed by atoms with E-state index in [1.54, 1.807) is 34.0 Å². The summed E-state index contributed by atoms with van der Waals surface area (Å²) >= 11 is 0. The highest BCUT2D eigenvalue weighted by molar-refractivity contribution is 7.88. The van der Waals surface area contributed by atoms with Crippen molar-refractivity contribution in [2.45, 2.75) is 59.0 Å². The molecule has 0 bridgehead atoms. The largest absolute Gasteiger partial charge is 0.496 e. The zero-order valence-electron chi connectivity index (χ0n) is 24.5. The molecule has 0 heterocycles. The van der Waals surface area contributed by atoms with Gasteiger partial charge in [-0.1, -0.05) is 51.2 Å². The lowest BCUT2D eigenvalue weighted by atomic mass is 9.79. The van der Waals surface area contributed by atoms with Crippen molar-refractivity contribution in [3.05, 3.63) is 65.4 Å². The third-order valence-corrected chi connectivity index (χ3v) is 6.81. The molecule has 0 radical (unpaired) electrons. The Hall–Kier alpha value is -3.53. The van der Waals surface area contributed by atoms with Crippen molar-refractivity contribution in [2.75, 3.05) is 25.2 Å². The van der Waals surface area contributed by atoms with Gasteiger partial charge in [0.05, 0.1) is 13.4 Å². The van der Waals surface area contributed by atoms with E-state index in [4.69, 9.17) is 9.47 Å². The standard InChI is InChI=1S/C30H41N3O6S/c1-29(2,3)25-18-23(32-26(34)13-14-31-28(35)39-30(4,5)6)17-24(27(25)38-7)21-10-9-20-16-22(33-40(8,36)37)12-11-19(20)15-21/h9-12,15-20,33H,13-14H2,1-8H3,(H,31,35)(H,32,34). The van der Waals surface area contributed by atoms with Crippen LogP contribution in [0.3, 0.4) is 0 Å². The van der Waals surface area contributed by atoms with Gasteiger partial charge in [0.25, 0.3) is 0 Å². The van der Waals surface area contributed by atoms with Crippen LogP contribution in [-0.2, 0) is 25.0 Å². The molecule has 0 aliphatic heterocycles. The minimum absolute atomic E-state index is 0.00596. The van der Waals surface area contributed by atoms with Crippen molar-refractivity contribution in [1.29, 1.82) is 0 Å². The van der Waals surface area contributed by atoms with Gasteiger partial charge in [-0.05, 0) is 50.0 Å². The quantitative estimate of drug-likeness (QED) is 0.402. The van der Waals surface area contributed by atoms with Gasteiger partial charge in [0.15, 0.2) is 0 Å². The highest BCUT2D eigenvalue weighted by Gasteiger charge is 2.27. The van der Waals surface area contributed by atoms with Gasteiger partial charge in [-0.25, -0.2) is 13.2 Å². The number of nitrogens with one attached hydrogen (secondary N) is 3. The predicted molar refractivity (Wildman–Crippen MR) is 158 cm³/mol. The van der Waals surface area contributed by atoms with E-state index in [9.17, 15) is 18.0 Å². The number of fused-ring (bicyclic) bond motifs is 1. The van der Waals surface area contributed by atoms with Crippen molar-refractivity contribution in [1.82, 2.24) is 10.0 Å². The number of anilines is 1. The van der Waals surface area contributed by atoms with Gasteiger partial charge >= 0.3 is 6.09 Å². The van der Waals surface area contributed by atoms with E-state index >= 15 is 0 Å². The van der Waals surface area contributed by atoms with E-state index in [0.717, 1.165) is 28.7 Å². The molecule has 10 heteroatoms. The first-order chi connectivity index (χ1) is 18.4. The van der Waals surface area contributed by atoms with E-state index in [0.29, 0.717) is 11.4 Å². The van der Waals surface area contributed by atoms with E-state index in [1.165, 1.54) is 0 Å². The Morgan fingerprint density at radius 1 is 0.975 bits per heavy atom. The minimum Gasteiger partial charge on any atom is -0.496 e. The molecule has 40 heavy (non-hydrogen) atoms. The lowest BCUT2D eigenvalue weighted by Gasteiger charge is -2.28. The Balaban J connectivity index is 1.84. The molecule has 3 N–H and O–H groups in total. The van der Waals surface area contributed by atoms with Gasteiger partial charge in [-0.15, -0.1) is 0 Å².